The molecule has 9 nitrogen and oxygen atoms in total. The van der Waals surface area contributed by atoms with Gasteiger partial charge in [-0.25, -0.2) is 14.0 Å². The Morgan fingerprint density at radius 2 is 1.94 bits per heavy atom. The number of benzene rings is 2. The second kappa shape index (κ2) is 7.33. The lowest BCUT2D eigenvalue weighted by Crippen LogP contribution is -2.35. The van der Waals surface area contributed by atoms with E-state index < -0.39 is 11.4 Å². The van der Waals surface area contributed by atoms with Gasteiger partial charge in [-0.15, -0.1) is 0 Å². The number of ether oxygens (including phenoxy) is 1. The van der Waals surface area contributed by atoms with Gasteiger partial charge in [0.1, 0.15) is 5.82 Å². The molecule has 1 fully saturated rings. The summed E-state index contributed by atoms with van der Waals surface area (Å²) in [7, 11) is 0. The highest BCUT2D eigenvalue weighted by Gasteiger charge is 2.52. The summed E-state index contributed by atoms with van der Waals surface area (Å²) in [5, 5.41) is 28.1. The summed E-state index contributed by atoms with van der Waals surface area (Å²) in [5.41, 5.74) is 9.31. The van der Waals surface area contributed by atoms with Crippen molar-refractivity contribution in [2.45, 2.75) is 56.6 Å². The minimum Gasteiger partial charge on any atom is -0.392 e. The van der Waals surface area contributed by atoms with Crippen molar-refractivity contribution in [3.05, 3.63) is 58.9 Å². The number of hydrogen-bond donors (Lipinski definition) is 3. The van der Waals surface area contributed by atoms with Crippen molar-refractivity contribution in [2.75, 3.05) is 5.73 Å². The lowest BCUT2D eigenvalue weighted by molar-refractivity contribution is -0.257. The molecule has 2 aromatic heterocycles. The molecule has 0 bridgehead atoms. The van der Waals surface area contributed by atoms with E-state index in [1.807, 2.05) is 22.8 Å². The van der Waals surface area contributed by atoms with Crippen LogP contribution in [0.15, 0.2) is 41.0 Å². The maximum absolute atomic E-state index is 13.9. The van der Waals surface area contributed by atoms with E-state index in [4.69, 9.17) is 15.1 Å². The Morgan fingerprint density at radius 3 is 2.65 bits per heavy atom. The molecule has 1 aliphatic carbocycles. The highest BCUT2D eigenvalue weighted by Crippen LogP contribution is 2.55. The molecule has 6 rings (SSSR count). The molecule has 1 spiro atoms. The van der Waals surface area contributed by atoms with Gasteiger partial charge in [-0.2, -0.15) is 0 Å². The van der Waals surface area contributed by atoms with Crippen molar-refractivity contribution in [2.24, 2.45) is 0 Å². The average Bonchev–Trinajstić information content (AvgIpc) is 3.46. The van der Waals surface area contributed by atoms with E-state index in [9.17, 15) is 14.6 Å². The van der Waals surface area contributed by atoms with Gasteiger partial charge in [0.05, 0.1) is 23.2 Å². The van der Waals surface area contributed by atoms with Crippen LogP contribution in [0.4, 0.5) is 10.2 Å². The van der Waals surface area contributed by atoms with Crippen molar-refractivity contribution >= 4 is 16.9 Å². The van der Waals surface area contributed by atoms with Crippen LogP contribution in [0.1, 0.15) is 55.3 Å². The van der Waals surface area contributed by atoms with Crippen molar-refractivity contribution < 1.29 is 24.0 Å². The molecule has 1 aliphatic heterocycles. The first-order valence-electron chi connectivity index (χ1n) is 11.2. The molecule has 2 aromatic carbocycles. The third kappa shape index (κ3) is 3.06. The van der Waals surface area contributed by atoms with Crippen LogP contribution in [0.3, 0.4) is 0 Å². The number of anilines is 1. The summed E-state index contributed by atoms with van der Waals surface area (Å²) < 4.78 is 27.0. The minimum absolute atomic E-state index is 0.0153. The molecule has 0 amide bonds. The highest BCUT2D eigenvalue weighted by atomic mass is 19.1. The Kier molecular flexibility index (Phi) is 4.57. The van der Waals surface area contributed by atoms with Gasteiger partial charge >= 0.3 is 0 Å². The number of nitrogens with zero attached hydrogens (tertiary/aromatic N) is 4. The van der Waals surface area contributed by atoms with Gasteiger partial charge < -0.3 is 25.3 Å². The molecular weight excluding hydrogens is 441 g/mol. The monoisotopic (exact) mass is 465 g/mol. The lowest BCUT2D eigenvalue weighted by Gasteiger charge is -2.39. The van der Waals surface area contributed by atoms with Gasteiger partial charge in [0.25, 0.3) is 0 Å². The van der Waals surface area contributed by atoms with E-state index in [0.29, 0.717) is 35.4 Å². The number of fused-ring (bicyclic) bond motifs is 3. The normalized spacial score (nSPS) is 26.4. The molecule has 0 saturated heterocycles. The summed E-state index contributed by atoms with van der Waals surface area (Å²) in [6.07, 6.45) is 2.76. The molecule has 0 radical (unpaired) electrons. The number of nitrogens with two attached hydrogens (primary N) is 1. The van der Waals surface area contributed by atoms with E-state index in [1.165, 1.54) is 12.1 Å². The van der Waals surface area contributed by atoms with E-state index in [0.717, 1.165) is 29.5 Å². The SMILES string of the molecule is CC1(O)OC2(CCC(n3c(-c4nonc4N)nc4cc(F)ccc43)CC2)c2ccc(CO)cc21. The second-order valence-corrected chi connectivity index (χ2v) is 9.28. The molecule has 1 saturated carbocycles. The fourth-order valence-electron chi connectivity index (χ4n) is 5.62. The summed E-state index contributed by atoms with van der Waals surface area (Å²) in [5.74, 6) is -1.21. The number of imidazole rings is 1. The first-order chi connectivity index (χ1) is 16.3. The van der Waals surface area contributed by atoms with Gasteiger partial charge in [0.15, 0.2) is 23.1 Å². The van der Waals surface area contributed by atoms with Gasteiger partial charge in [-0.3, -0.25) is 0 Å². The number of halogens is 1. The van der Waals surface area contributed by atoms with Crippen LogP contribution >= 0.6 is 0 Å². The van der Waals surface area contributed by atoms with E-state index in [2.05, 4.69) is 15.3 Å². The summed E-state index contributed by atoms with van der Waals surface area (Å²) in [6.45, 7) is 1.54. The van der Waals surface area contributed by atoms with Crippen molar-refractivity contribution in [1.29, 1.82) is 0 Å². The predicted octanol–water partition coefficient (Wildman–Crippen LogP) is 3.51. The third-order valence-corrected chi connectivity index (χ3v) is 7.16. The third-order valence-electron chi connectivity index (χ3n) is 7.16. The Hall–Kier alpha value is -3.34. The van der Waals surface area contributed by atoms with E-state index in [1.54, 1.807) is 13.0 Å². The Bertz CT molecular complexity index is 1400. The molecule has 2 aliphatic rings. The number of rotatable bonds is 3. The van der Waals surface area contributed by atoms with Gasteiger partial charge in [-0.1, -0.05) is 12.1 Å². The highest BCUT2D eigenvalue weighted by molar-refractivity contribution is 5.82. The van der Waals surface area contributed by atoms with E-state index >= 15 is 0 Å². The van der Waals surface area contributed by atoms with Crippen LogP contribution in [-0.2, 0) is 22.7 Å². The fourth-order valence-corrected chi connectivity index (χ4v) is 5.62. The van der Waals surface area contributed by atoms with Crippen LogP contribution in [0.2, 0.25) is 0 Å². The molecule has 1 atom stereocenters. The van der Waals surface area contributed by atoms with Crippen LogP contribution in [-0.4, -0.2) is 30.1 Å². The van der Waals surface area contributed by atoms with Crippen LogP contribution < -0.4 is 5.73 Å². The zero-order valence-electron chi connectivity index (χ0n) is 18.5. The number of aromatic nitrogens is 4. The molecular formula is C24H24FN5O4. The molecule has 1 unspecified atom stereocenters. The maximum Gasteiger partial charge on any atom is 0.199 e. The van der Waals surface area contributed by atoms with Gasteiger partial charge in [0, 0.05) is 17.7 Å². The number of aliphatic hydroxyl groups is 2. The number of nitrogen functional groups attached to an aromatic ring is 1. The van der Waals surface area contributed by atoms with Crippen LogP contribution in [0.25, 0.3) is 22.6 Å². The van der Waals surface area contributed by atoms with Crippen molar-refractivity contribution in [1.82, 2.24) is 19.9 Å². The average molecular weight is 465 g/mol. The quantitative estimate of drug-likeness (QED) is 0.419. The minimum atomic E-state index is -1.43. The van der Waals surface area contributed by atoms with Gasteiger partial charge in [0.2, 0.25) is 0 Å². The zero-order valence-corrected chi connectivity index (χ0v) is 18.5. The number of aliphatic hydroxyl groups excluding tert-OH is 1. The molecule has 34 heavy (non-hydrogen) atoms. The molecule has 4 N–H and O–H groups in total. The first kappa shape index (κ1) is 21.2. The zero-order chi connectivity index (χ0) is 23.7. The van der Waals surface area contributed by atoms with Crippen molar-refractivity contribution in [3.63, 3.8) is 0 Å². The topological polar surface area (TPSA) is 132 Å². The second-order valence-electron chi connectivity index (χ2n) is 9.28. The Labute approximate surface area is 193 Å². The fraction of sp³-hybridized carbons (Fsp3) is 0.375. The molecule has 4 aromatic rings. The smallest absolute Gasteiger partial charge is 0.199 e. The van der Waals surface area contributed by atoms with Crippen molar-refractivity contribution in [3.8, 4) is 11.5 Å². The molecule has 176 valence electrons. The first-order valence-corrected chi connectivity index (χ1v) is 11.2. The Morgan fingerprint density at radius 1 is 1.15 bits per heavy atom. The largest absolute Gasteiger partial charge is 0.392 e. The molecule has 10 heteroatoms. The summed E-state index contributed by atoms with van der Waals surface area (Å²) in [6, 6.07) is 10.1. The maximum atomic E-state index is 13.9. The van der Waals surface area contributed by atoms with Crippen LogP contribution in [0.5, 0.6) is 0 Å². The summed E-state index contributed by atoms with van der Waals surface area (Å²) in [4.78, 5) is 4.60. The van der Waals surface area contributed by atoms with Crippen LogP contribution in [0, 0.1) is 5.82 Å². The summed E-state index contributed by atoms with van der Waals surface area (Å²) >= 11 is 0. The molecule has 3 heterocycles. The predicted molar refractivity (Wildman–Crippen MR) is 120 cm³/mol. The standard InChI is InChI=1S/C24H24FN5O4/c1-23(32)17-10-13(12-31)2-4-16(17)24(33-23)8-6-15(7-9-24)30-19-5-3-14(25)11-18(19)27-22(30)20-21(26)29-34-28-20/h2-5,10-11,15,31-32H,6-9,12H2,1H3,(H2,26,29). The number of hydrogen-bond acceptors (Lipinski definition) is 8. The van der Waals surface area contributed by atoms with E-state index in [-0.39, 0.29) is 24.3 Å². The van der Waals surface area contributed by atoms with Gasteiger partial charge in [-0.05, 0) is 72.2 Å². The Balaban J connectivity index is 1.39. The lowest BCUT2D eigenvalue weighted by atomic mass is 9.77.